The van der Waals surface area contributed by atoms with Crippen LogP contribution in [-0.4, -0.2) is 7.11 Å². The minimum Gasteiger partial charge on any atom is -0.497 e. The Morgan fingerprint density at radius 3 is 2.12 bits per heavy atom. The number of ether oxygens (including phenoxy) is 2. The second-order valence-electron chi connectivity index (χ2n) is 3.35. The minimum absolute atomic E-state index is 0.0171. The van der Waals surface area contributed by atoms with Crippen molar-refractivity contribution in [3.63, 3.8) is 0 Å². The highest BCUT2D eigenvalue weighted by Crippen LogP contribution is 2.26. The highest BCUT2D eigenvalue weighted by atomic mass is 19.1. The molecule has 0 aliphatic carbocycles. The van der Waals surface area contributed by atoms with E-state index in [2.05, 4.69) is 0 Å². The molecule has 0 unspecified atom stereocenters. The van der Waals surface area contributed by atoms with Crippen molar-refractivity contribution in [2.75, 3.05) is 7.11 Å². The average molecular weight is 236 g/mol. The molecular formula is C13H10F2O2. The maximum atomic E-state index is 13.3. The van der Waals surface area contributed by atoms with Gasteiger partial charge < -0.3 is 9.47 Å². The Labute approximate surface area is 97.4 Å². The Bertz CT molecular complexity index is 509. The highest BCUT2D eigenvalue weighted by molar-refractivity contribution is 5.35. The summed E-state index contributed by atoms with van der Waals surface area (Å²) in [5.74, 6) is -0.254. The second kappa shape index (κ2) is 4.82. The van der Waals surface area contributed by atoms with Crippen LogP contribution in [0.5, 0.6) is 17.2 Å². The number of benzene rings is 2. The summed E-state index contributed by atoms with van der Waals surface area (Å²) >= 11 is 0. The molecular weight excluding hydrogens is 226 g/mol. The van der Waals surface area contributed by atoms with E-state index < -0.39 is 11.6 Å². The Kier molecular flexibility index (Phi) is 3.23. The van der Waals surface area contributed by atoms with Crippen LogP contribution in [0.15, 0.2) is 42.5 Å². The summed E-state index contributed by atoms with van der Waals surface area (Å²) in [5, 5.41) is 0. The molecule has 0 aromatic heterocycles. The van der Waals surface area contributed by atoms with Gasteiger partial charge in [-0.3, -0.25) is 0 Å². The molecule has 0 N–H and O–H groups in total. The van der Waals surface area contributed by atoms with Crippen LogP contribution in [0.4, 0.5) is 8.78 Å². The van der Waals surface area contributed by atoms with E-state index in [1.807, 2.05) is 0 Å². The lowest BCUT2D eigenvalue weighted by molar-refractivity contribution is 0.411. The Morgan fingerprint density at radius 1 is 0.882 bits per heavy atom. The maximum absolute atomic E-state index is 13.3. The van der Waals surface area contributed by atoms with Crippen molar-refractivity contribution in [3.8, 4) is 17.2 Å². The smallest absolute Gasteiger partial charge is 0.168 e. The number of methoxy groups -OCH3 is 1. The molecule has 0 saturated heterocycles. The topological polar surface area (TPSA) is 18.5 Å². The van der Waals surface area contributed by atoms with Crippen molar-refractivity contribution < 1.29 is 18.3 Å². The lowest BCUT2D eigenvalue weighted by Crippen LogP contribution is -1.89. The zero-order valence-electron chi connectivity index (χ0n) is 9.11. The van der Waals surface area contributed by atoms with Crippen LogP contribution in [0.25, 0.3) is 0 Å². The summed E-state index contributed by atoms with van der Waals surface area (Å²) in [6.07, 6.45) is 0. The van der Waals surface area contributed by atoms with E-state index in [9.17, 15) is 8.78 Å². The van der Waals surface area contributed by atoms with E-state index in [-0.39, 0.29) is 5.75 Å². The van der Waals surface area contributed by atoms with Crippen molar-refractivity contribution >= 4 is 0 Å². The van der Waals surface area contributed by atoms with E-state index in [4.69, 9.17) is 9.47 Å². The van der Waals surface area contributed by atoms with Crippen molar-refractivity contribution in [1.29, 1.82) is 0 Å². The predicted octanol–water partition coefficient (Wildman–Crippen LogP) is 3.77. The van der Waals surface area contributed by atoms with Crippen LogP contribution in [0.1, 0.15) is 0 Å². The van der Waals surface area contributed by atoms with Crippen molar-refractivity contribution in [2.45, 2.75) is 0 Å². The van der Waals surface area contributed by atoms with Gasteiger partial charge in [-0.1, -0.05) is 0 Å². The van der Waals surface area contributed by atoms with Crippen LogP contribution in [0.2, 0.25) is 0 Å². The van der Waals surface area contributed by atoms with Gasteiger partial charge in [0.25, 0.3) is 0 Å². The fraction of sp³-hybridized carbons (Fsp3) is 0.0769. The molecule has 17 heavy (non-hydrogen) atoms. The molecule has 2 nitrogen and oxygen atoms in total. The first-order valence-electron chi connectivity index (χ1n) is 4.96. The zero-order chi connectivity index (χ0) is 12.3. The summed E-state index contributed by atoms with van der Waals surface area (Å²) < 4.78 is 36.2. The van der Waals surface area contributed by atoms with Gasteiger partial charge in [0.1, 0.15) is 17.3 Å². The molecule has 0 saturated carbocycles. The lowest BCUT2D eigenvalue weighted by atomic mass is 10.3. The van der Waals surface area contributed by atoms with Gasteiger partial charge in [0, 0.05) is 6.07 Å². The summed E-state index contributed by atoms with van der Waals surface area (Å²) in [7, 11) is 1.55. The molecule has 0 spiro atoms. The number of halogens is 2. The summed E-state index contributed by atoms with van der Waals surface area (Å²) in [6.45, 7) is 0. The molecule has 2 aromatic carbocycles. The van der Waals surface area contributed by atoms with Gasteiger partial charge in [-0.05, 0) is 36.4 Å². The fourth-order valence-corrected chi connectivity index (χ4v) is 1.33. The van der Waals surface area contributed by atoms with Crippen molar-refractivity contribution in [1.82, 2.24) is 0 Å². The van der Waals surface area contributed by atoms with Gasteiger partial charge in [-0.2, -0.15) is 0 Å². The van der Waals surface area contributed by atoms with Crippen LogP contribution in [-0.2, 0) is 0 Å². The fourth-order valence-electron chi connectivity index (χ4n) is 1.33. The third-order valence-electron chi connectivity index (χ3n) is 2.18. The van der Waals surface area contributed by atoms with Gasteiger partial charge in [-0.25, -0.2) is 8.78 Å². The van der Waals surface area contributed by atoms with Crippen LogP contribution >= 0.6 is 0 Å². The monoisotopic (exact) mass is 236 g/mol. The van der Waals surface area contributed by atoms with Gasteiger partial charge in [0.05, 0.1) is 7.11 Å². The van der Waals surface area contributed by atoms with Crippen LogP contribution in [0, 0.1) is 11.6 Å². The largest absolute Gasteiger partial charge is 0.497 e. The molecule has 0 aliphatic rings. The number of hydrogen-bond acceptors (Lipinski definition) is 2. The SMILES string of the molecule is COc1ccc(Oc2ccc(F)cc2F)cc1. The number of rotatable bonds is 3. The highest BCUT2D eigenvalue weighted by Gasteiger charge is 2.06. The molecule has 2 rings (SSSR count). The molecule has 0 aliphatic heterocycles. The summed E-state index contributed by atoms with van der Waals surface area (Å²) in [6, 6.07) is 9.83. The molecule has 4 heteroatoms. The molecule has 0 radical (unpaired) electrons. The molecule has 0 amide bonds. The average Bonchev–Trinajstić information content (AvgIpc) is 2.34. The zero-order valence-corrected chi connectivity index (χ0v) is 9.11. The number of hydrogen-bond donors (Lipinski definition) is 0. The quantitative estimate of drug-likeness (QED) is 0.807. The van der Waals surface area contributed by atoms with Gasteiger partial charge in [0.15, 0.2) is 11.6 Å². The first-order chi connectivity index (χ1) is 8.19. The van der Waals surface area contributed by atoms with Gasteiger partial charge >= 0.3 is 0 Å². The van der Waals surface area contributed by atoms with Crippen LogP contribution < -0.4 is 9.47 Å². The normalized spacial score (nSPS) is 10.1. The minimum atomic E-state index is -0.735. The second-order valence-corrected chi connectivity index (χ2v) is 3.35. The Hall–Kier alpha value is -2.10. The third-order valence-corrected chi connectivity index (χ3v) is 2.18. The van der Waals surface area contributed by atoms with Crippen molar-refractivity contribution in [3.05, 3.63) is 54.1 Å². The van der Waals surface area contributed by atoms with Gasteiger partial charge in [-0.15, -0.1) is 0 Å². The van der Waals surface area contributed by atoms with Gasteiger partial charge in [0.2, 0.25) is 0 Å². The Balaban J connectivity index is 2.19. The molecule has 0 heterocycles. The van der Waals surface area contributed by atoms with Crippen molar-refractivity contribution in [2.24, 2.45) is 0 Å². The first kappa shape index (κ1) is 11.4. The van der Waals surface area contributed by atoms with E-state index in [0.29, 0.717) is 11.5 Å². The standard InChI is InChI=1S/C13H10F2O2/c1-16-10-3-5-11(6-4-10)17-13-7-2-9(14)8-12(13)15/h2-8H,1H3. The molecule has 2 aromatic rings. The van der Waals surface area contributed by atoms with E-state index in [1.165, 1.54) is 6.07 Å². The van der Waals surface area contributed by atoms with E-state index >= 15 is 0 Å². The maximum Gasteiger partial charge on any atom is 0.168 e. The molecule has 88 valence electrons. The Morgan fingerprint density at radius 2 is 1.53 bits per heavy atom. The molecule has 0 atom stereocenters. The van der Waals surface area contributed by atoms with Crippen LogP contribution in [0.3, 0.4) is 0 Å². The lowest BCUT2D eigenvalue weighted by Gasteiger charge is -2.07. The van der Waals surface area contributed by atoms with E-state index in [0.717, 1.165) is 12.1 Å². The molecule has 0 bridgehead atoms. The summed E-state index contributed by atoms with van der Waals surface area (Å²) in [4.78, 5) is 0. The molecule has 0 fully saturated rings. The van der Waals surface area contributed by atoms with E-state index in [1.54, 1.807) is 31.4 Å². The predicted molar refractivity (Wildman–Crippen MR) is 59.4 cm³/mol. The first-order valence-corrected chi connectivity index (χ1v) is 4.96. The third kappa shape index (κ3) is 2.72. The summed E-state index contributed by atoms with van der Waals surface area (Å²) in [5.41, 5.74) is 0.